The van der Waals surface area contributed by atoms with E-state index in [9.17, 15) is 4.79 Å². The summed E-state index contributed by atoms with van der Waals surface area (Å²) >= 11 is 6.29. The van der Waals surface area contributed by atoms with Gasteiger partial charge in [0, 0.05) is 36.7 Å². The molecule has 31 heavy (non-hydrogen) atoms. The molecule has 3 aromatic rings. The van der Waals surface area contributed by atoms with Gasteiger partial charge in [-0.05, 0) is 30.7 Å². The number of methoxy groups -OCH3 is 1. The van der Waals surface area contributed by atoms with Crippen molar-refractivity contribution < 1.29 is 9.53 Å². The Morgan fingerprint density at radius 2 is 2.26 bits per heavy atom. The summed E-state index contributed by atoms with van der Waals surface area (Å²) in [7, 11) is 1.59. The molecule has 160 valence electrons. The Morgan fingerprint density at radius 1 is 1.39 bits per heavy atom. The van der Waals surface area contributed by atoms with Gasteiger partial charge >= 0.3 is 0 Å². The van der Waals surface area contributed by atoms with Crippen LogP contribution in [-0.2, 0) is 4.79 Å². The number of carbonyl (C=O) groups excluding carboxylic acids is 1. The van der Waals surface area contributed by atoms with Crippen LogP contribution in [0.25, 0.3) is 16.9 Å². The summed E-state index contributed by atoms with van der Waals surface area (Å²) in [5, 5.41) is 6.65. The number of rotatable bonds is 7. The Kier molecular flexibility index (Phi) is 6.20. The number of nitrogens with one attached hydrogen (secondary N) is 2. The van der Waals surface area contributed by atoms with Crippen molar-refractivity contribution >= 4 is 29.0 Å². The third-order valence-corrected chi connectivity index (χ3v) is 5.31. The molecule has 9 heteroatoms. The third kappa shape index (κ3) is 4.40. The highest BCUT2D eigenvalue weighted by Gasteiger charge is 2.18. The van der Waals surface area contributed by atoms with Crippen LogP contribution in [0.4, 0.5) is 5.82 Å². The molecule has 1 aliphatic carbocycles. The normalized spacial score (nSPS) is 15.6. The van der Waals surface area contributed by atoms with Crippen molar-refractivity contribution in [2.75, 3.05) is 25.5 Å². The number of ether oxygens (including phenoxy) is 1. The van der Waals surface area contributed by atoms with Gasteiger partial charge in [0.2, 0.25) is 5.91 Å². The van der Waals surface area contributed by atoms with Crippen molar-refractivity contribution in [2.45, 2.75) is 6.42 Å². The fraction of sp³-hybridized carbons (Fsp3) is 0.227. The van der Waals surface area contributed by atoms with Crippen LogP contribution in [-0.4, -0.2) is 40.5 Å². The van der Waals surface area contributed by atoms with Gasteiger partial charge in [-0.2, -0.15) is 0 Å². The molecule has 0 saturated carbocycles. The quantitative estimate of drug-likeness (QED) is 0.523. The number of halogens is 1. The molecular formula is C22H23ClN6O2. The van der Waals surface area contributed by atoms with Crippen LogP contribution < -0.4 is 21.1 Å². The number of hydrogen-bond donors (Lipinski definition) is 3. The predicted octanol–water partition coefficient (Wildman–Crippen LogP) is 3.01. The van der Waals surface area contributed by atoms with Crippen LogP contribution in [0.2, 0.25) is 5.02 Å². The molecule has 2 aromatic heterocycles. The van der Waals surface area contributed by atoms with Gasteiger partial charge in [0.25, 0.3) is 0 Å². The van der Waals surface area contributed by atoms with E-state index in [0.717, 1.165) is 17.0 Å². The Hall–Kier alpha value is -3.36. The maximum Gasteiger partial charge on any atom is 0.227 e. The first-order chi connectivity index (χ1) is 15.1. The van der Waals surface area contributed by atoms with E-state index in [0.29, 0.717) is 41.7 Å². The largest absolute Gasteiger partial charge is 0.495 e. The lowest BCUT2D eigenvalue weighted by atomic mass is 9.98. The standard InChI is InChI=1S/C22H23ClN6O2/c1-31-19-7-4-15(12-17(19)23)18-13-27-21-20(25-10-11-29(18)21)28-16-5-2-14(3-6-16)22(30)26-9-8-24/h2,4-7,10-14H,3,8-9,24H2,1H3,(H,25,28)(H,26,30). The van der Waals surface area contributed by atoms with Crippen molar-refractivity contribution in [3.8, 4) is 17.0 Å². The van der Waals surface area contributed by atoms with E-state index in [1.165, 1.54) is 0 Å². The number of allylic oxidation sites excluding steroid dienone is 2. The molecule has 0 saturated heterocycles. The van der Waals surface area contributed by atoms with E-state index in [2.05, 4.69) is 20.6 Å². The van der Waals surface area contributed by atoms with Gasteiger partial charge in [-0.3, -0.25) is 9.20 Å². The Balaban J connectivity index is 1.54. The van der Waals surface area contributed by atoms with Crippen molar-refractivity contribution in [1.29, 1.82) is 0 Å². The van der Waals surface area contributed by atoms with Crippen molar-refractivity contribution in [1.82, 2.24) is 19.7 Å². The number of aromatic nitrogens is 3. The molecule has 8 nitrogen and oxygen atoms in total. The molecule has 0 aliphatic heterocycles. The van der Waals surface area contributed by atoms with Crippen LogP contribution in [0.15, 0.2) is 60.7 Å². The molecule has 1 aromatic carbocycles. The highest BCUT2D eigenvalue weighted by Crippen LogP contribution is 2.31. The van der Waals surface area contributed by atoms with E-state index < -0.39 is 0 Å². The summed E-state index contributed by atoms with van der Waals surface area (Å²) < 4.78 is 7.18. The second kappa shape index (κ2) is 9.20. The van der Waals surface area contributed by atoms with Gasteiger partial charge < -0.3 is 21.1 Å². The number of nitrogens with zero attached hydrogens (tertiary/aromatic N) is 3. The molecule has 4 rings (SSSR count). The number of hydrogen-bond acceptors (Lipinski definition) is 6. The zero-order valence-electron chi connectivity index (χ0n) is 17.0. The summed E-state index contributed by atoms with van der Waals surface area (Å²) in [5.41, 5.74) is 8.78. The molecule has 1 aliphatic rings. The van der Waals surface area contributed by atoms with E-state index in [-0.39, 0.29) is 11.8 Å². The minimum absolute atomic E-state index is 0.0201. The van der Waals surface area contributed by atoms with Gasteiger partial charge in [0.15, 0.2) is 11.5 Å². The van der Waals surface area contributed by atoms with Crippen LogP contribution >= 0.6 is 11.6 Å². The fourth-order valence-electron chi connectivity index (χ4n) is 3.42. The van der Waals surface area contributed by atoms with Gasteiger partial charge in [-0.15, -0.1) is 0 Å². The average molecular weight is 439 g/mol. The lowest BCUT2D eigenvalue weighted by Crippen LogP contribution is -2.34. The van der Waals surface area contributed by atoms with E-state index in [4.69, 9.17) is 22.1 Å². The van der Waals surface area contributed by atoms with Gasteiger partial charge in [-0.1, -0.05) is 23.8 Å². The van der Waals surface area contributed by atoms with E-state index in [1.807, 2.05) is 47.0 Å². The molecule has 1 atom stereocenters. The fourth-order valence-corrected chi connectivity index (χ4v) is 3.68. The first kappa shape index (κ1) is 20.9. The number of carbonyl (C=O) groups is 1. The minimum atomic E-state index is -0.196. The van der Waals surface area contributed by atoms with Crippen LogP contribution in [0.1, 0.15) is 6.42 Å². The maximum atomic E-state index is 12.1. The average Bonchev–Trinajstić information content (AvgIpc) is 3.23. The van der Waals surface area contributed by atoms with E-state index >= 15 is 0 Å². The van der Waals surface area contributed by atoms with Crippen LogP contribution in [0.5, 0.6) is 5.75 Å². The number of nitrogens with two attached hydrogens (primary N) is 1. The molecule has 0 fully saturated rings. The van der Waals surface area contributed by atoms with Gasteiger partial charge in [0.05, 0.1) is 29.9 Å². The summed E-state index contributed by atoms with van der Waals surface area (Å²) in [4.78, 5) is 21.1. The third-order valence-electron chi connectivity index (χ3n) is 5.02. The van der Waals surface area contributed by atoms with Crippen LogP contribution in [0, 0.1) is 5.92 Å². The van der Waals surface area contributed by atoms with Crippen molar-refractivity contribution in [3.63, 3.8) is 0 Å². The minimum Gasteiger partial charge on any atom is -0.495 e. The Morgan fingerprint density at radius 3 is 2.97 bits per heavy atom. The highest BCUT2D eigenvalue weighted by molar-refractivity contribution is 6.32. The zero-order valence-corrected chi connectivity index (χ0v) is 17.8. The molecule has 4 N–H and O–H groups in total. The first-order valence-corrected chi connectivity index (χ1v) is 10.3. The van der Waals surface area contributed by atoms with Gasteiger partial charge in [-0.25, -0.2) is 9.97 Å². The van der Waals surface area contributed by atoms with Crippen LogP contribution in [0.3, 0.4) is 0 Å². The predicted molar refractivity (Wildman–Crippen MR) is 121 cm³/mol. The molecule has 0 radical (unpaired) electrons. The molecule has 0 spiro atoms. The Bertz CT molecular complexity index is 1170. The Labute approximate surface area is 184 Å². The molecule has 2 heterocycles. The SMILES string of the molecule is COc1ccc(-c2cnc3c(NC4=CCC(C(=O)NCCN)C=C4)nccn23)cc1Cl. The summed E-state index contributed by atoms with van der Waals surface area (Å²) in [6.45, 7) is 0.904. The first-order valence-electron chi connectivity index (χ1n) is 9.90. The van der Waals surface area contributed by atoms with Gasteiger partial charge in [0.1, 0.15) is 5.75 Å². The maximum absolute atomic E-state index is 12.1. The number of fused-ring (bicyclic) bond motifs is 1. The number of imidazole rings is 1. The summed E-state index contributed by atoms with van der Waals surface area (Å²) in [5.74, 6) is 1.02. The lowest BCUT2D eigenvalue weighted by Gasteiger charge is -2.17. The molecule has 1 amide bonds. The smallest absolute Gasteiger partial charge is 0.227 e. The summed E-state index contributed by atoms with van der Waals surface area (Å²) in [6, 6.07) is 5.61. The second-order valence-electron chi connectivity index (χ2n) is 7.03. The number of benzene rings is 1. The highest BCUT2D eigenvalue weighted by atomic mass is 35.5. The number of amides is 1. The second-order valence-corrected chi connectivity index (χ2v) is 7.43. The van der Waals surface area contributed by atoms with E-state index in [1.54, 1.807) is 19.5 Å². The zero-order chi connectivity index (χ0) is 21.8. The molecular weight excluding hydrogens is 416 g/mol. The molecule has 0 bridgehead atoms. The van der Waals surface area contributed by atoms with Crippen molar-refractivity contribution in [3.05, 3.63) is 65.7 Å². The molecule has 1 unspecified atom stereocenters. The topological polar surface area (TPSA) is 107 Å². The number of anilines is 1. The monoisotopic (exact) mass is 438 g/mol. The summed E-state index contributed by atoms with van der Waals surface area (Å²) in [6.07, 6.45) is 11.7. The van der Waals surface area contributed by atoms with Crippen molar-refractivity contribution in [2.24, 2.45) is 11.7 Å². The lowest BCUT2D eigenvalue weighted by molar-refractivity contribution is -0.123.